The summed E-state index contributed by atoms with van der Waals surface area (Å²) in [6, 6.07) is 6.50. The van der Waals surface area contributed by atoms with Gasteiger partial charge in [0.25, 0.3) is 10.1 Å². The molecule has 0 saturated heterocycles. The van der Waals surface area contributed by atoms with Crippen LogP contribution in [0.2, 0.25) is 0 Å². The van der Waals surface area contributed by atoms with E-state index in [1.807, 2.05) is 6.92 Å². The van der Waals surface area contributed by atoms with E-state index in [1.54, 1.807) is 12.1 Å². The zero-order valence-electron chi connectivity index (χ0n) is 8.64. The van der Waals surface area contributed by atoms with Crippen LogP contribution in [-0.2, 0) is 14.3 Å². The highest BCUT2D eigenvalue weighted by Gasteiger charge is 2.13. The topological polar surface area (TPSA) is 78.4 Å². The van der Waals surface area contributed by atoms with E-state index in [0.29, 0.717) is 0 Å². The molecule has 15 heavy (non-hydrogen) atoms. The molecular formula is C10H15NO3S. The van der Waals surface area contributed by atoms with Crippen LogP contribution < -0.4 is 6.15 Å². The van der Waals surface area contributed by atoms with Gasteiger partial charge >= 0.3 is 0 Å². The number of hydrogen-bond acceptors (Lipinski definition) is 4. The standard InChI is InChI=1S/C10H12O3S.H3N/c1-3-8-13-14(11,12)10-6-4-9(2)5-7-10;/h3-7H,1,8H2,2H3;1H3. The van der Waals surface area contributed by atoms with Gasteiger partial charge in [0, 0.05) is 0 Å². The van der Waals surface area contributed by atoms with Crippen molar-refractivity contribution in [2.75, 3.05) is 6.61 Å². The monoisotopic (exact) mass is 229 g/mol. The van der Waals surface area contributed by atoms with Crippen molar-refractivity contribution in [2.45, 2.75) is 11.8 Å². The molecule has 0 aliphatic carbocycles. The molecule has 0 amide bonds. The van der Waals surface area contributed by atoms with Crippen molar-refractivity contribution in [3.63, 3.8) is 0 Å². The van der Waals surface area contributed by atoms with Crippen LogP contribution in [0.5, 0.6) is 0 Å². The number of hydrogen-bond donors (Lipinski definition) is 1. The SMILES string of the molecule is C=CCOS(=O)(=O)c1ccc(C)cc1.N. The van der Waals surface area contributed by atoms with Gasteiger partial charge in [-0.2, -0.15) is 8.42 Å². The van der Waals surface area contributed by atoms with Crippen LogP contribution in [0.25, 0.3) is 0 Å². The molecule has 0 heterocycles. The van der Waals surface area contributed by atoms with Gasteiger partial charge in [-0.15, -0.1) is 6.58 Å². The smallest absolute Gasteiger partial charge is 0.297 e. The Balaban J connectivity index is 0.00000196. The molecule has 0 aliphatic rings. The van der Waals surface area contributed by atoms with Crippen molar-refractivity contribution >= 4 is 10.1 Å². The Kier molecular flexibility index (Phi) is 5.21. The van der Waals surface area contributed by atoms with Gasteiger partial charge in [0.2, 0.25) is 0 Å². The normalized spacial score (nSPS) is 10.5. The van der Waals surface area contributed by atoms with Crippen LogP contribution in [0, 0.1) is 6.92 Å². The second kappa shape index (κ2) is 5.65. The van der Waals surface area contributed by atoms with Crippen LogP contribution in [0.15, 0.2) is 41.8 Å². The van der Waals surface area contributed by atoms with Crippen LogP contribution in [0.4, 0.5) is 0 Å². The maximum Gasteiger partial charge on any atom is 0.297 e. The van der Waals surface area contributed by atoms with Gasteiger partial charge in [0.05, 0.1) is 11.5 Å². The molecule has 0 unspecified atom stereocenters. The summed E-state index contributed by atoms with van der Waals surface area (Å²) in [5, 5.41) is 0. The molecule has 3 N–H and O–H groups in total. The summed E-state index contributed by atoms with van der Waals surface area (Å²) in [7, 11) is -3.61. The summed E-state index contributed by atoms with van der Waals surface area (Å²) < 4.78 is 27.5. The molecule has 1 aromatic carbocycles. The molecule has 1 aromatic rings. The van der Waals surface area contributed by atoms with Gasteiger partial charge in [0.15, 0.2) is 0 Å². The van der Waals surface area contributed by atoms with Gasteiger partial charge in [0.1, 0.15) is 0 Å². The molecule has 84 valence electrons. The van der Waals surface area contributed by atoms with Crippen molar-refractivity contribution in [3.05, 3.63) is 42.5 Å². The molecule has 0 aliphatic heterocycles. The van der Waals surface area contributed by atoms with Gasteiger partial charge in [-0.25, -0.2) is 0 Å². The van der Waals surface area contributed by atoms with E-state index in [-0.39, 0.29) is 17.7 Å². The lowest BCUT2D eigenvalue weighted by molar-refractivity contribution is 0.357. The Morgan fingerprint density at radius 1 is 1.33 bits per heavy atom. The fourth-order valence-corrected chi connectivity index (χ4v) is 1.79. The van der Waals surface area contributed by atoms with E-state index in [1.165, 1.54) is 18.2 Å². The van der Waals surface area contributed by atoms with Crippen LogP contribution in [-0.4, -0.2) is 15.0 Å². The molecule has 4 nitrogen and oxygen atoms in total. The first-order valence-corrected chi connectivity index (χ1v) is 5.54. The highest BCUT2D eigenvalue weighted by atomic mass is 32.2. The van der Waals surface area contributed by atoms with Crippen molar-refractivity contribution in [1.82, 2.24) is 6.15 Å². The van der Waals surface area contributed by atoms with Crippen molar-refractivity contribution in [1.29, 1.82) is 0 Å². The molecule has 0 aromatic heterocycles. The third-order valence-electron chi connectivity index (χ3n) is 1.65. The lowest BCUT2D eigenvalue weighted by Gasteiger charge is -2.03. The van der Waals surface area contributed by atoms with E-state index in [4.69, 9.17) is 0 Å². The molecule has 0 saturated carbocycles. The third-order valence-corrected chi connectivity index (χ3v) is 2.95. The van der Waals surface area contributed by atoms with Crippen LogP contribution in [0.1, 0.15) is 5.56 Å². The molecule has 0 fully saturated rings. The van der Waals surface area contributed by atoms with Crippen molar-refractivity contribution in [2.24, 2.45) is 0 Å². The lowest BCUT2D eigenvalue weighted by atomic mass is 10.2. The van der Waals surface area contributed by atoms with E-state index in [2.05, 4.69) is 10.8 Å². The van der Waals surface area contributed by atoms with Gasteiger partial charge in [-0.05, 0) is 19.1 Å². The quantitative estimate of drug-likeness (QED) is 0.633. The predicted molar refractivity (Wildman–Crippen MR) is 59.5 cm³/mol. The Labute approximate surface area is 90.3 Å². The highest BCUT2D eigenvalue weighted by molar-refractivity contribution is 7.86. The van der Waals surface area contributed by atoms with E-state index >= 15 is 0 Å². The minimum absolute atomic E-state index is 0. The van der Waals surface area contributed by atoms with E-state index < -0.39 is 10.1 Å². The first-order chi connectivity index (χ1) is 6.56. The average molecular weight is 229 g/mol. The minimum Gasteiger partial charge on any atom is -0.344 e. The lowest BCUT2D eigenvalue weighted by Crippen LogP contribution is -2.06. The van der Waals surface area contributed by atoms with Gasteiger partial charge in [-0.3, -0.25) is 4.18 Å². The molecule has 0 bridgehead atoms. The first-order valence-electron chi connectivity index (χ1n) is 4.13. The fourth-order valence-electron chi connectivity index (χ4n) is 0.911. The maximum atomic E-state index is 11.4. The molecule has 5 heteroatoms. The van der Waals surface area contributed by atoms with Crippen LogP contribution >= 0.6 is 0 Å². The average Bonchev–Trinajstić information content (AvgIpc) is 2.16. The summed E-state index contributed by atoms with van der Waals surface area (Å²) in [4.78, 5) is 0.171. The highest BCUT2D eigenvalue weighted by Crippen LogP contribution is 2.12. The molecule has 1 rings (SSSR count). The van der Waals surface area contributed by atoms with Gasteiger partial charge in [-0.1, -0.05) is 23.8 Å². The second-order valence-electron chi connectivity index (χ2n) is 2.84. The zero-order valence-corrected chi connectivity index (χ0v) is 9.46. The van der Waals surface area contributed by atoms with Crippen molar-refractivity contribution in [3.8, 4) is 0 Å². The summed E-state index contributed by atoms with van der Waals surface area (Å²) >= 11 is 0. The third kappa shape index (κ3) is 3.83. The predicted octanol–water partition coefficient (Wildman–Crippen LogP) is 2.05. The molecule has 0 spiro atoms. The Morgan fingerprint density at radius 3 is 2.33 bits per heavy atom. The molecule has 0 radical (unpaired) electrons. The second-order valence-corrected chi connectivity index (χ2v) is 4.46. The first kappa shape index (κ1) is 13.8. The Morgan fingerprint density at radius 2 is 1.87 bits per heavy atom. The van der Waals surface area contributed by atoms with Gasteiger partial charge < -0.3 is 6.15 Å². The summed E-state index contributed by atoms with van der Waals surface area (Å²) in [5.74, 6) is 0. The molecular weight excluding hydrogens is 214 g/mol. The minimum atomic E-state index is -3.61. The number of aryl methyl sites for hydroxylation is 1. The van der Waals surface area contributed by atoms with Crippen LogP contribution in [0.3, 0.4) is 0 Å². The Bertz CT molecular complexity index is 409. The van der Waals surface area contributed by atoms with E-state index in [0.717, 1.165) is 5.56 Å². The number of rotatable bonds is 4. The fraction of sp³-hybridized carbons (Fsp3) is 0.200. The molecule has 0 atom stereocenters. The maximum absolute atomic E-state index is 11.4. The van der Waals surface area contributed by atoms with E-state index in [9.17, 15) is 8.42 Å². The summed E-state index contributed by atoms with van der Waals surface area (Å²) in [6.07, 6.45) is 1.39. The Hall–Kier alpha value is -1.17. The largest absolute Gasteiger partial charge is 0.344 e. The summed E-state index contributed by atoms with van der Waals surface area (Å²) in [6.45, 7) is 5.27. The summed E-state index contributed by atoms with van der Waals surface area (Å²) in [5.41, 5.74) is 1.01. The van der Waals surface area contributed by atoms with Crippen molar-refractivity contribution < 1.29 is 12.6 Å². The zero-order chi connectivity index (χ0) is 10.6. The number of benzene rings is 1.